The van der Waals surface area contributed by atoms with Crippen molar-refractivity contribution in [2.24, 2.45) is 0 Å². The minimum atomic E-state index is -0.536. The molecule has 0 saturated carbocycles. The van der Waals surface area contributed by atoms with Crippen LogP contribution in [0.25, 0.3) is 11.0 Å². The van der Waals surface area contributed by atoms with Gasteiger partial charge in [0.2, 0.25) is 5.76 Å². The van der Waals surface area contributed by atoms with Crippen LogP contribution in [0, 0.1) is 0 Å². The maximum atomic E-state index is 13.3. The molecule has 142 valence electrons. The molecule has 1 amide bonds. The standard InChI is InChI=1S/C22H18ClNO4/c23-14-6-3-5-13(11-14)19-18-20(25)16-8-1-2-9-17(16)28-21(18)22(26)24(19)12-15-7-4-10-27-15/h1-3,5-6,8-9,11,15,19H,4,7,10,12H2. The van der Waals surface area contributed by atoms with E-state index in [-0.39, 0.29) is 23.2 Å². The lowest BCUT2D eigenvalue weighted by Gasteiger charge is -2.27. The van der Waals surface area contributed by atoms with Crippen LogP contribution in [0.4, 0.5) is 0 Å². The highest BCUT2D eigenvalue weighted by atomic mass is 35.5. The molecule has 28 heavy (non-hydrogen) atoms. The quantitative estimate of drug-likeness (QED) is 0.667. The Kier molecular flexibility index (Phi) is 4.22. The maximum Gasteiger partial charge on any atom is 0.291 e. The van der Waals surface area contributed by atoms with E-state index < -0.39 is 6.04 Å². The predicted molar refractivity (Wildman–Crippen MR) is 106 cm³/mol. The molecule has 2 aliphatic rings. The van der Waals surface area contributed by atoms with Gasteiger partial charge in [0.05, 0.1) is 23.1 Å². The minimum absolute atomic E-state index is 0.0375. The molecule has 2 unspecified atom stereocenters. The summed E-state index contributed by atoms with van der Waals surface area (Å²) in [6.45, 7) is 1.11. The van der Waals surface area contributed by atoms with Crippen molar-refractivity contribution in [3.8, 4) is 0 Å². The van der Waals surface area contributed by atoms with Gasteiger partial charge in [0.25, 0.3) is 5.91 Å². The fourth-order valence-corrected chi connectivity index (χ4v) is 4.39. The number of rotatable bonds is 3. The predicted octanol–water partition coefficient (Wildman–Crippen LogP) is 4.17. The number of fused-ring (bicyclic) bond motifs is 2. The minimum Gasteiger partial charge on any atom is -0.450 e. The Bertz CT molecular complexity index is 1130. The molecule has 2 atom stereocenters. The number of amides is 1. The van der Waals surface area contributed by atoms with E-state index in [9.17, 15) is 9.59 Å². The molecule has 2 aliphatic heterocycles. The Hall–Kier alpha value is -2.63. The van der Waals surface area contributed by atoms with Gasteiger partial charge >= 0.3 is 0 Å². The number of hydrogen-bond donors (Lipinski definition) is 0. The van der Waals surface area contributed by atoms with Gasteiger partial charge in [0.1, 0.15) is 5.58 Å². The number of carbonyl (C=O) groups excluding carboxylic acids is 1. The van der Waals surface area contributed by atoms with E-state index >= 15 is 0 Å². The van der Waals surface area contributed by atoms with Gasteiger partial charge in [0, 0.05) is 18.2 Å². The molecule has 5 nitrogen and oxygen atoms in total. The third kappa shape index (κ3) is 2.74. The Labute approximate surface area is 166 Å². The van der Waals surface area contributed by atoms with Gasteiger partial charge in [-0.15, -0.1) is 0 Å². The molecule has 1 aromatic heterocycles. The molecule has 3 heterocycles. The number of hydrogen-bond acceptors (Lipinski definition) is 4. The molecule has 0 radical (unpaired) electrons. The highest BCUT2D eigenvalue weighted by Gasteiger charge is 2.43. The van der Waals surface area contributed by atoms with E-state index in [1.807, 2.05) is 12.1 Å². The summed E-state index contributed by atoms with van der Waals surface area (Å²) < 4.78 is 11.7. The average molecular weight is 396 g/mol. The van der Waals surface area contributed by atoms with Crippen molar-refractivity contribution in [3.05, 3.63) is 80.7 Å². The first kappa shape index (κ1) is 17.5. The van der Waals surface area contributed by atoms with Crippen LogP contribution < -0.4 is 5.43 Å². The van der Waals surface area contributed by atoms with Gasteiger partial charge < -0.3 is 14.1 Å². The molecule has 6 heteroatoms. The number of ether oxygens (including phenoxy) is 1. The molecule has 0 N–H and O–H groups in total. The van der Waals surface area contributed by atoms with Crippen molar-refractivity contribution in [1.29, 1.82) is 0 Å². The molecule has 5 rings (SSSR count). The first-order valence-electron chi connectivity index (χ1n) is 9.37. The van der Waals surface area contributed by atoms with E-state index in [4.69, 9.17) is 20.8 Å². The smallest absolute Gasteiger partial charge is 0.291 e. The van der Waals surface area contributed by atoms with Gasteiger partial charge in [-0.3, -0.25) is 9.59 Å². The Morgan fingerprint density at radius 2 is 1.96 bits per heavy atom. The van der Waals surface area contributed by atoms with Crippen LogP contribution >= 0.6 is 11.6 Å². The largest absolute Gasteiger partial charge is 0.450 e. The van der Waals surface area contributed by atoms with Crippen LogP contribution in [0.5, 0.6) is 0 Å². The van der Waals surface area contributed by atoms with Crippen molar-refractivity contribution >= 4 is 28.5 Å². The maximum absolute atomic E-state index is 13.3. The lowest BCUT2D eigenvalue weighted by atomic mass is 9.98. The van der Waals surface area contributed by atoms with Gasteiger partial charge in [-0.2, -0.15) is 0 Å². The second-order valence-electron chi connectivity index (χ2n) is 7.22. The normalized spacial score (nSPS) is 21.5. The zero-order chi connectivity index (χ0) is 19.3. The molecule has 0 bridgehead atoms. The van der Waals surface area contributed by atoms with E-state index in [0.717, 1.165) is 18.4 Å². The molecule has 1 saturated heterocycles. The second kappa shape index (κ2) is 6.76. The van der Waals surface area contributed by atoms with Gasteiger partial charge in [-0.1, -0.05) is 35.9 Å². The summed E-state index contributed by atoms with van der Waals surface area (Å²) in [5, 5.41) is 1.03. The van der Waals surface area contributed by atoms with E-state index in [2.05, 4.69) is 0 Å². The summed E-state index contributed by atoms with van der Waals surface area (Å²) in [7, 11) is 0. The SMILES string of the molecule is O=C1c2oc3ccccc3c(=O)c2C(c2cccc(Cl)c2)N1CC1CCCO1. The molecular weight excluding hydrogens is 378 g/mol. The van der Waals surface area contributed by atoms with E-state index in [1.165, 1.54) is 0 Å². The Morgan fingerprint density at radius 1 is 1.11 bits per heavy atom. The topological polar surface area (TPSA) is 59.8 Å². The Morgan fingerprint density at radius 3 is 2.75 bits per heavy atom. The van der Waals surface area contributed by atoms with Crippen molar-refractivity contribution in [2.45, 2.75) is 25.0 Å². The summed E-state index contributed by atoms with van der Waals surface area (Å²) >= 11 is 6.21. The molecular formula is C22H18ClNO4. The fourth-order valence-electron chi connectivity index (χ4n) is 4.19. The first-order chi connectivity index (χ1) is 13.6. The average Bonchev–Trinajstić information content (AvgIpc) is 3.30. The molecule has 0 aliphatic carbocycles. The first-order valence-corrected chi connectivity index (χ1v) is 9.75. The monoisotopic (exact) mass is 395 g/mol. The van der Waals surface area contributed by atoms with Crippen LogP contribution in [-0.2, 0) is 4.74 Å². The van der Waals surface area contributed by atoms with Crippen LogP contribution in [-0.4, -0.2) is 30.1 Å². The zero-order valence-electron chi connectivity index (χ0n) is 15.1. The van der Waals surface area contributed by atoms with Crippen LogP contribution in [0.1, 0.15) is 40.6 Å². The molecule has 2 aromatic carbocycles. The van der Waals surface area contributed by atoms with Crippen molar-refractivity contribution in [3.63, 3.8) is 0 Å². The van der Waals surface area contributed by atoms with Gasteiger partial charge in [0.15, 0.2) is 5.43 Å². The fraction of sp³-hybridized carbons (Fsp3) is 0.273. The van der Waals surface area contributed by atoms with Crippen molar-refractivity contribution in [2.75, 3.05) is 13.2 Å². The highest BCUT2D eigenvalue weighted by molar-refractivity contribution is 6.30. The summed E-state index contributed by atoms with van der Waals surface area (Å²) in [6, 6.07) is 13.8. The lowest BCUT2D eigenvalue weighted by molar-refractivity contribution is 0.0486. The van der Waals surface area contributed by atoms with Crippen LogP contribution in [0.15, 0.2) is 57.7 Å². The Balaban J connectivity index is 1.71. The third-order valence-corrected chi connectivity index (χ3v) is 5.70. The summed E-state index contributed by atoms with van der Waals surface area (Å²) in [5.41, 5.74) is 1.41. The van der Waals surface area contributed by atoms with E-state index in [1.54, 1.807) is 41.3 Å². The molecule has 0 spiro atoms. The van der Waals surface area contributed by atoms with Gasteiger partial charge in [-0.25, -0.2) is 0 Å². The van der Waals surface area contributed by atoms with Crippen molar-refractivity contribution < 1.29 is 13.9 Å². The molecule has 3 aromatic rings. The van der Waals surface area contributed by atoms with Gasteiger partial charge in [-0.05, 0) is 42.7 Å². The third-order valence-electron chi connectivity index (χ3n) is 5.46. The van der Waals surface area contributed by atoms with E-state index in [0.29, 0.717) is 34.7 Å². The summed E-state index contributed by atoms with van der Waals surface area (Å²) in [6.07, 6.45) is 1.83. The number of para-hydroxylation sites is 1. The highest BCUT2D eigenvalue weighted by Crippen LogP contribution is 2.39. The second-order valence-corrected chi connectivity index (χ2v) is 7.66. The number of nitrogens with zero attached hydrogens (tertiary/aromatic N) is 1. The lowest BCUT2D eigenvalue weighted by Crippen LogP contribution is -2.36. The summed E-state index contributed by atoms with van der Waals surface area (Å²) in [5.74, 6) is -0.162. The van der Waals surface area contributed by atoms with Crippen molar-refractivity contribution in [1.82, 2.24) is 4.90 Å². The van der Waals surface area contributed by atoms with Crippen LogP contribution in [0.2, 0.25) is 5.02 Å². The summed E-state index contributed by atoms with van der Waals surface area (Å²) in [4.78, 5) is 28.3. The number of benzene rings is 2. The number of carbonyl (C=O) groups is 1. The number of halogens is 1. The molecule has 1 fully saturated rings. The zero-order valence-corrected chi connectivity index (χ0v) is 15.8. The van der Waals surface area contributed by atoms with Crippen LogP contribution in [0.3, 0.4) is 0 Å².